The minimum atomic E-state index is -0.303. The van der Waals surface area contributed by atoms with Crippen LogP contribution in [0.3, 0.4) is 0 Å². The molecule has 1 heterocycles. The first-order valence-electron chi connectivity index (χ1n) is 4.85. The highest BCUT2D eigenvalue weighted by Crippen LogP contribution is 2.20. The Hall–Kier alpha value is -1.46. The van der Waals surface area contributed by atoms with Gasteiger partial charge < -0.3 is 5.32 Å². The summed E-state index contributed by atoms with van der Waals surface area (Å²) in [5, 5.41) is 7.35. The third-order valence-corrected chi connectivity index (χ3v) is 3.04. The van der Waals surface area contributed by atoms with Crippen LogP contribution in [0.5, 0.6) is 0 Å². The molecular formula is C11H9ClFN3S. The molecule has 0 spiro atoms. The number of rotatable bonds is 2. The van der Waals surface area contributed by atoms with Gasteiger partial charge in [-0.25, -0.2) is 9.07 Å². The van der Waals surface area contributed by atoms with Crippen molar-refractivity contribution in [1.82, 2.24) is 15.1 Å². The molecule has 0 saturated heterocycles. The molecule has 0 aliphatic carbocycles. The van der Waals surface area contributed by atoms with Crippen LogP contribution >= 0.6 is 23.8 Å². The Bertz CT molecular complexity index is 550. The summed E-state index contributed by atoms with van der Waals surface area (Å²) < 4.78 is 14.3. The lowest BCUT2D eigenvalue weighted by Gasteiger charge is -2.04. The quantitative estimate of drug-likeness (QED) is 0.850. The molecule has 0 saturated carbocycles. The Kier molecular flexibility index (Phi) is 3.40. The van der Waals surface area contributed by atoms with Gasteiger partial charge >= 0.3 is 0 Å². The van der Waals surface area contributed by atoms with Gasteiger partial charge in [-0.1, -0.05) is 23.8 Å². The zero-order chi connectivity index (χ0) is 12.4. The highest BCUT2D eigenvalue weighted by atomic mass is 35.5. The summed E-state index contributed by atoms with van der Waals surface area (Å²) in [6.07, 6.45) is 1.57. The predicted molar refractivity (Wildman–Crippen MR) is 69.3 cm³/mol. The fourth-order valence-corrected chi connectivity index (χ4v) is 1.87. The molecule has 0 aliphatic rings. The number of thiocarbonyl (C=S) groups is 1. The fraction of sp³-hybridized carbons (Fsp3) is 0.0909. The van der Waals surface area contributed by atoms with Crippen LogP contribution in [-0.2, 0) is 0 Å². The van der Waals surface area contributed by atoms with E-state index in [1.54, 1.807) is 25.4 Å². The van der Waals surface area contributed by atoms with Crippen molar-refractivity contribution in [3.63, 3.8) is 0 Å². The van der Waals surface area contributed by atoms with Gasteiger partial charge in [-0.05, 0) is 24.3 Å². The first-order chi connectivity index (χ1) is 8.13. The molecule has 0 atom stereocenters. The van der Waals surface area contributed by atoms with Crippen molar-refractivity contribution in [2.45, 2.75) is 0 Å². The van der Waals surface area contributed by atoms with Crippen LogP contribution in [0.4, 0.5) is 4.39 Å². The second kappa shape index (κ2) is 4.81. The summed E-state index contributed by atoms with van der Waals surface area (Å²) in [7, 11) is 1.72. The van der Waals surface area contributed by atoms with E-state index in [1.165, 1.54) is 16.8 Å². The number of hydrogen-bond donors (Lipinski definition) is 1. The Morgan fingerprint density at radius 1 is 1.41 bits per heavy atom. The largest absolute Gasteiger partial charge is 0.379 e. The van der Waals surface area contributed by atoms with Gasteiger partial charge in [0.25, 0.3) is 0 Å². The van der Waals surface area contributed by atoms with Crippen molar-refractivity contribution in [3.05, 3.63) is 47.0 Å². The Balaban J connectivity index is 2.44. The molecule has 3 nitrogen and oxygen atoms in total. The molecule has 2 rings (SSSR count). The lowest BCUT2D eigenvalue weighted by Crippen LogP contribution is -2.16. The van der Waals surface area contributed by atoms with E-state index in [-0.39, 0.29) is 5.82 Å². The van der Waals surface area contributed by atoms with E-state index < -0.39 is 0 Å². The van der Waals surface area contributed by atoms with Crippen molar-refractivity contribution >= 4 is 28.8 Å². The number of aromatic nitrogens is 2. The van der Waals surface area contributed by atoms with Gasteiger partial charge in [0.05, 0.1) is 17.4 Å². The van der Waals surface area contributed by atoms with Crippen LogP contribution in [0.1, 0.15) is 5.56 Å². The summed E-state index contributed by atoms with van der Waals surface area (Å²) in [4.78, 5) is 0.517. The third kappa shape index (κ3) is 2.30. The summed E-state index contributed by atoms with van der Waals surface area (Å²) in [6, 6.07) is 5.90. The van der Waals surface area contributed by atoms with E-state index in [2.05, 4.69) is 10.4 Å². The molecule has 1 aromatic heterocycles. The number of halogens is 2. The standard InChI is InChI=1S/C11H9ClFN3S/c1-14-11(17)9-6-15-16(10(9)12)8-4-2-7(13)3-5-8/h2-6H,1H3,(H,14,17). The molecular weight excluding hydrogens is 261 g/mol. The van der Waals surface area contributed by atoms with E-state index in [0.29, 0.717) is 21.4 Å². The van der Waals surface area contributed by atoms with Crippen molar-refractivity contribution in [3.8, 4) is 5.69 Å². The van der Waals surface area contributed by atoms with E-state index in [0.717, 1.165) is 0 Å². The highest BCUT2D eigenvalue weighted by Gasteiger charge is 2.12. The Morgan fingerprint density at radius 2 is 2.06 bits per heavy atom. The molecule has 0 radical (unpaired) electrons. The number of nitrogens with one attached hydrogen (secondary N) is 1. The monoisotopic (exact) mass is 269 g/mol. The molecule has 0 aliphatic heterocycles. The normalized spacial score (nSPS) is 10.3. The van der Waals surface area contributed by atoms with Gasteiger partial charge in [0.1, 0.15) is 16.0 Å². The second-order valence-electron chi connectivity index (χ2n) is 3.32. The van der Waals surface area contributed by atoms with E-state index in [9.17, 15) is 4.39 Å². The predicted octanol–water partition coefficient (Wildman–Crippen LogP) is 2.56. The van der Waals surface area contributed by atoms with Crippen molar-refractivity contribution in [2.75, 3.05) is 7.05 Å². The average molecular weight is 270 g/mol. The van der Waals surface area contributed by atoms with E-state index in [1.807, 2.05) is 0 Å². The topological polar surface area (TPSA) is 29.9 Å². The van der Waals surface area contributed by atoms with Gasteiger partial charge in [0.15, 0.2) is 0 Å². The van der Waals surface area contributed by atoms with Gasteiger partial charge in [0.2, 0.25) is 0 Å². The maximum Gasteiger partial charge on any atom is 0.143 e. The maximum absolute atomic E-state index is 12.8. The maximum atomic E-state index is 12.8. The molecule has 17 heavy (non-hydrogen) atoms. The van der Waals surface area contributed by atoms with E-state index >= 15 is 0 Å². The van der Waals surface area contributed by atoms with Crippen LogP contribution in [-0.4, -0.2) is 21.8 Å². The van der Waals surface area contributed by atoms with Gasteiger partial charge in [-0.2, -0.15) is 5.10 Å². The summed E-state index contributed by atoms with van der Waals surface area (Å²) in [5.41, 5.74) is 1.33. The average Bonchev–Trinajstić information content (AvgIpc) is 2.71. The Morgan fingerprint density at radius 3 is 2.65 bits per heavy atom. The molecule has 0 unspecified atom stereocenters. The first kappa shape index (κ1) is 12.0. The molecule has 0 amide bonds. The SMILES string of the molecule is CNC(=S)c1cnn(-c2ccc(F)cc2)c1Cl. The third-order valence-electron chi connectivity index (χ3n) is 2.25. The smallest absolute Gasteiger partial charge is 0.143 e. The van der Waals surface area contributed by atoms with Crippen LogP contribution in [0.25, 0.3) is 5.69 Å². The zero-order valence-corrected chi connectivity index (χ0v) is 10.5. The minimum absolute atomic E-state index is 0.303. The first-order valence-corrected chi connectivity index (χ1v) is 5.63. The van der Waals surface area contributed by atoms with Crippen LogP contribution < -0.4 is 5.32 Å². The second-order valence-corrected chi connectivity index (χ2v) is 4.08. The number of benzene rings is 1. The van der Waals surface area contributed by atoms with Crippen LogP contribution in [0.2, 0.25) is 5.15 Å². The number of nitrogens with zero attached hydrogens (tertiary/aromatic N) is 2. The van der Waals surface area contributed by atoms with Crippen molar-refractivity contribution < 1.29 is 4.39 Å². The van der Waals surface area contributed by atoms with Crippen molar-refractivity contribution in [2.24, 2.45) is 0 Å². The summed E-state index contributed by atoms with van der Waals surface area (Å²) >= 11 is 11.2. The molecule has 2 aromatic rings. The molecule has 1 aromatic carbocycles. The molecule has 6 heteroatoms. The van der Waals surface area contributed by atoms with Crippen molar-refractivity contribution in [1.29, 1.82) is 0 Å². The Labute approximate surface area is 108 Å². The summed E-state index contributed by atoms with van der Waals surface area (Å²) in [5.74, 6) is -0.303. The molecule has 1 N–H and O–H groups in total. The van der Waals surface area contributed by atoms with Gasteiger partial charge in [-0.15, -0.1) is 0 Å². The molecule has 88 valence electrons. The van der Waals surface area contributed by atoms with Crippen LogP contribution in [0, 0.1) is 5.82 Å². The van der Waals surface area contributed by atoms with Gasteiger partial charge in [-0.3, -0.25) is 0 Å². The fourth-order valence-electron chi connectivity index (χ4n) is 1.38. The lowest BCUT2D eigenvalue weighted by atomic mass is 10.3. The molecule has 0 fully saturated rings. The molecule has 0 bridgehead atoms. The highest BCUT2D eigenvalue weighted by molar-refractivity contribution is 7.80. The zero-order valence-electron chi connectivity index (χ0n) is 8.95. The summed E-state index contributed by atoms with van der Waals surface area (Å²) in [6.45, 7) is 0. The van der Waals surface area contributed by atoms with Crippen LogP contribution in [0.15, 0.2) is 30.5 Å². The number of hydrogen-bond acceptors (Lipinski definition) is 2. The van der Waals surface area contributed by atoms with Gasteiger partial charge in [0, 0.05) is 7.05 Å². The lowest BCUT2D eigenvalue weighted by molar-refractivity contribution is 0.627. The minimum Gasteiger partial charge on any atom is -0.379 e. The van der Waals surface area contributed by atoms with E-state index in [4.69, 9.17) is 23.8 Å².